The lowest BCUT2D eigenvalue weighted by Crippen LogP contribution is -1.90. The Morgan fingerprint density at radius 3 is 3.00 bits per heavy atom. The maximum atomic E-state index is 8.69. The Morgan fingerprint density at radius 1 is 1.43 bits per heavy atom. The van der Waals surface area contributed by atoms with Crippen molar-refractivity contribution in [1.82, 2.24) is 9.97 Å². The minimum atomic E-state index is 0.185. The number of aromatic amines is 1. The second-order valence-corrected chi connectivity index (χ2v) is 3.55. The van der Waals surface area contributed by atoms with E-state index in [0.29, 0.717) is 5.02 Å². The van der Waals surface area contributed by atoms with Crippen LogP contribution in [0.25, 0.3) is 11.0 Å². The van der Waals surface area contributed by atoms with Crippen molar-refractivity contribution in [3.05, 3.63) is 29.0 Å². The topological polar surface area (TPSA) is 48.9 Å². The molecule has 0 radical (unpaired) electrons. The monoisotopic (exact) mass is 210 g/mol. The molecule has 2 N–H and O–H groups in total. The molecule has 0 spiro atoms. The summed E-state index contributed by atoms with van der Waals surface area (Å²) in [6.07, 6.45) is 1.47. The molecular formula is C10H11ClN2O. The molecule has 2 aromatic rings. The third-order valence-electron chi connectivity index (χ3n) is 2.08. The second kappa shape index (κ2) is 3.98. The maximum Gasteiger partial charge on any atom is 0.107 e. The van der Waals surface area contributed by atoms with Gasteiger partial charge in [0.25, 0.3) is 0 Å². The van der Waals surface area contributed by atoms with Crippen LogP contribution < -0.4 is 0 Å². The number of H-pyrrole nitrogens is 1. The van der Waals surface area contributed by atoms with Crippen LogP contribution >= 0.6 is 11.6 Å². The molecule has 74 valence electrons. The van der Waals surface area contributed by atoms with Crippen LogP contribution in [0.3, 0.4) is 0 Å². The predicted molar refractivity (Wildman–Crippen MR) is 56.5 cm³/mol. The molecule has 0 aliphatic heterocycles. The Hall–Kier alpha value is -1.06. The Labute approximate surface area is 86.7 Å². The van der Waals surface area contributed by atoms with Crippen LogP contribution in [-0.4, -0.2) is 21.7 Å². The number of hydrogen-bond donors (Lipinski definition) is 2. The van der Waals surface area contributed by atoms with E-state index < -0.39 is 0 Å². The molecular weight excluding hydrogens is 200 g/mol. The third-order valence-corrected chi connectivity index (χ3v) is 2.39. The Balaban J connectivity index is 2.36. The van der Waals surface area contributed by atoms with Crippen LogP contribution in [0.15, 0.2) is 18.2 Å². The lowest BCUT2D eigenvalue weighted by molar-refractivity contribution is 0.287. The number of fused-ring (bicyclic) bond motifs is 1. The maximum absolute atomic E-state index is 8.69. The molecule has 0 bridgehead atoms. The van der Waals surface area contributed by atoms with E-state index in [2.05, 4.69) is 9.97 Å². The summed E-state index contributed by atoms with van der Waals surface area (Å²) in [5.41, 5.74) is 1.76. The molecule has 1 aromatic heterocycles. The van der Waals surface area contributed by atoms with Crippen molar-refractivity contribution in [2.75, 3.05) is 6.61 Å². The number of aliphatic hydroxyl groups is 1. The smallest absolute Gasteiger partial charge is 0.107 e. The van der Waals surface area contributed by atoms with Crippen LogP contribution in [0.1, 0.15) is 12.2 Å². The fraction of sp³-hybridized carbons (Fsp3) is 0.300. The number of aromatic nitrogens is 2. The van der Waals surface area contributed by atoms with E-state index >= 15 is 0 Å². The Kier molecular flexibility index (Phi) is 2.70. The van der Waals surface area contributed by atoms with Gasteiger partial charge >= 0.3 is 0 Å². The molecule has 1 heterocycles. The number of aliphatic hydroxyl groups excluding tert-OH is 1. The summed E-state index contributed by atoms with van der Waals surface area (Å²) in [6, 6.07) is 5.65. The molecule has 0 fully saturated rings. The average molecular weight is 211 g/mol. The molecule has 4 heteroatoms. The van der Waals surface area contributed by atoms with Crippen LogP contribution in [-0.2, 0) is 6.42 Å². The van der Waals surface area contributed by atoms with Gasteiger partial charge < -0.3 is 10.1 Å². The van der Waals surface area contributed by atoms with Crippen molar-refractivity contribution >= 4 is 22.6 Å². The largest absolute Gasteiger partial charge is 0.396 e. The lowest BCUT2D eigenvalue weighted by Gasteiger charge is -1.90. The summed E-state index contributed by atoms with van der Waals surface area (Å²) in [5, 5.41) is 9.35. The highest BCUT2D eigenvalue weighted by Gasteiger charge is 2.04. The minimum Gasteiger partial charge on any atom is -0.396 e. The van der Waals surface area contributed by atoms with Gasteiger partial charge in [0.05, 0.1) is 10.5 Å². The second-order valence-electron chi connectivity index (χ2n) is 3.15. The zero-order valence-electron chi connectivity index (χ0n) is 7.63. The summed E-state index contributed by atoms with van der Waals surface area (Å²) < 4.78 is 0. The fourth-order valence-electron chi connectivity index (χ4n) is 1.41. The van der Waals surface area contributed by atoms with Gasteiger partial charge in [-0.25, -0.2) is 4.98 Å². The van der Waals surface area contributed by atoms with E-state index in [1.54, 1.807) is 0 Å². The van der Waals surface area contributed by atoms with Gasteiger partial charge in [-0.1, -0.05) is 17.7 Å². The van der Waals surface area contributed by atoms with Crippen molar-refractivity contribution < 1.29 is 5.11 Å². The first-order chi connectivity index (χ1) is 6.81. The number of imidazole rings is 1. The zero-order chi connectivity index (χ0) is 9.97. The summed E-state index contributed by atoms with van der Waals surface area (Å²) in [7, 11) is 0. The van der Waals surface area contributed by atoms with Gasteiger partial charge in [0, 0.05) is 13.0 Å². The van der Waals surface area contributed by atoms with Crippen LogP contribution in [0.5, 0.6) is 0 Å². The quantitative estimate of drug-likeness (QED) is 0.816. The molecule has 0 unspecified atom stereocenters. The van der Waals surface area contributed by atoms with Crippen molar-refractivity contribution in [2.45, 2.75) is 12.8 Å². The molecule has 0 aliphatic carbocycles. The Morgan fingerprint density at radius 2 is 2.29 bits per heavy atom. The van der Waals surface area contributed by atoms with E-state index in [-0.39, 0.29) is 6.61 Å². The molecule has 0 atom stereocenters. The van der Waals surface area contributed by atoms with Crippen molar-refractivity contribution in [2.24, 2.45) is 0 Å². The van der Waals surface area contributed by atoms with E-state index in [4.69, 9.17) is 16.7 Å². The van der Waals surface area contributed by atoms with Crippen molar-refractivity contribution in [3.63, 3.8) is 0 Å². The first-order valence-electron chi connectivity index (χ1n) is 4.55. The summed E-state index contributed by atoms with van der Waals surface area (Å²) in [4.78, 5) is 7.52. The van der Waals surface area contributed by atoms with Gasteiger partial charge in [0.1, 0.15) is 11.3 Å². The summed E-state index contributed by atoms with van der Waals surface area (Å²) in [6.45, 7) is 0.185. The Bertz CT molecular complexity index is 439. The van der Waals surface area contributed by atoms with E-state index in [1.165, 1.54) is 0 Å². The van der Waals surface area contributed by atoms with Crippen molar-refractivity contribution in [1.29, 1.82) is 0 Å². The number of nitrogens with zero attached hydrogens (tertiary/aromatic N) is 1. The summed E-state index contributed by atoms with van der Waals surface area (Å²) in [5.74, 6) is 0.877. The number of aryl methyl sites for hydroxylation is 1. The van der Waals surface area contributed by atoms with Gasteiger partial charge in [-0.3, -0.25) is 0 Å². The number of para-hydroxylation sites is 1. The van der Waals surface area contributed by atoms with Crippen LogP contribution in [0.4, 0.5) is 0 Å². The summed E-state index contributed by atoms with van der Waals surface area (Å²) >= 11 is 5.97. The SMILES string of the molecule is OCCCc1nc2c(Cl)cccc2[nH]1. The van der Waals surface area contributed by atoms with E-state index in [9.17, 15) is 0 Å². The highest BCUT2D eigenvalue weighted by atomic mass is 35.5. The fourth-order valence-corrected chi connectivity index (χ4v) is 1.63. The highest BCUT2D eigenvalue weighted by molar-refractivity contribution is 6.34. The normalized spacial score (nSPS) is 11.0. The van der Waals surface area contributed by atoms with Gasteiger partial charge in [0.2, 0.25) is 0 Å². The van der Waals surface area contributed by atoms with Gasteiger partial charge in [-0.15, -0.1) is 0 Å². The third kappa shape index (κ3) is 1.74. The first kappa shape index (κ1) is 9.49. The molecule has 0 saturated carbocycles. The number of hydrogen-bond acceptors (Lipinski definition) is 2. The molecule has 14 heavy (non-hydrogen) atoms. The number of benzene rings is 1. The van der Waals surface area contributed by atoms with Gasteiger partial charge in [-0.2, -0.15) is 0 Å². The van der Waals surface area contributed by atoms with Crippen molar-refractivity contribution in [3.8, 4) is 0 Å². The van der Waals surface area contributed by atoms with Gasteiger partial charge in [-0.05, 0) is 18.6 Å². The van der Waals surface area contributed by atoms with Crippen LogP contribution in [0.2, 0.25) is 5.02 Å². The lowest BCUT2D eigenvalue weighted by atomic mass is 10.3. The number of halogens is 1. The van der Waals surface area contributed by atoms with E-state index in [1.807, 2.05) is 18.2 Å². The standard InChI is InChI=1S/C10H11ClN2O/c11-7-3-1-4-8-10(7)13-9(12-8)5-2-6-14/h1,3-4,14H,2,5-6H2,(H,12,13). The zero-order valence-corrected chi connectivity index (χ0v) is 8.38. The molecule has 0 saturated heterocycles. The molecule has 0 amide bonds. The van der Waals surface area contributed by atoms with Gasteiger partial charge in [0.15, 0.2) is 0 Å². The minimum absolute atomic E-state index is 0.185. The number of rotatable bonds is 3. The molecule has 0 aliphatic rings. The average Bonchev–Trinajstić information content (AvgIpc) is 2.59. The predicted octanol–water partition coefficient (Wildman–Crippen LogP) is 2.14. The number of nitrogens with one attached hydrogen (secondary N) is 1. The first-order valence-corrected chi connectivity index (χ1v) is 4.93. The van der Waals surface area contributed by atoms with Crippen LogP contribution in [0, 0.1) is 0 Å². The highest BCUT2D eigenvalue weighted by Crippen LogP contribution is 2.21. The molecule has 3 nitrogen and oxygen atoms in total. The molecule has 1 aromatic carbocycles. The van der Waals surface area contributed by atoms with E-state index in [0.717, 1.165) is 29.7 Å². The molecule has 2 rings (SSSR count).